The molecule has 0 atom stereocenters. The molecule has 2 heterocycles. The van der Waals surface area contributed by atoms with Crippen LogP contribution in [0.15, 0.2) is 67.0 Å². The number of carboxylic acids is 1. The molecule has 4 aromatic rings. The van der Waals surface area contributed by atoms with Gasteiger partial charge in [-0.2, -0.15) is 0 Å². The second-order valence-corrected chi connectivity index (χ2v) is 5.49. The fraction of sp³-hybridized carbons (Fsp3) is 0. The third-order valence-corrected chi connectivity index (χ3v) is 3.92. The lowest BCUT2D eigenvalue weighted by molar-refractivity contribution is 0.0692. The maximum atomic E-state index is 14.0. The summed E-state index contributed by atoms with van der Waals surface area (Å²) in [5, 5.41) is 8.95. The molecule has 0 saturated heterocycles. The number of rotatable bonds is 3. The third kappa shape index (κ3) is 2.63. The second kappa shape index (κ2) is 5.83. The van der Waals surface area contributed by atoms with Crippen molar-refractivity contribution in [2.24, 2.45) is 0 Å². The summed E-state index contributed by atoms with van der Waals surface area (Å²) in [4.78, 5) is 20.0. The topological polar surface area (TPSA) is 68.0 Å². The zero-order valence-corrected chi connectivity index (χ0v) is 12.9. The van der Waals surface area contributed by atoms with Crippen LogP contribution in [0, 0.1) is 5.82 Å². The highest BCUT2D eigenvalue weighted by molar-refractivity contribution is 5.88. The molecule has 122 valence electrons. The van der Waals surface area contributed by atoms with E-state index in [4.69, 9.17) is 5.11 Å². The SMILES string of the molecule is O=C(O)c1ccc(-n2ccc3ncc(-c4ccccc4)nc32)cc1F. The Labute approximate surface area is 142 Å². The summed E-state index contributed by atoms with van der Waals surface area (Å²) in [6.45, 7) is 0. The number of hydrogen-bond donors (Lipinski definition) is 1. The van der Waals surface area contributed by atoms with Gasteiger partial charge in [-0.25, -0.2) is 14.2 Å². The van der Waals surface area contributed by atoms with E-state index in [2.05, 4.69) is 9.97 Å². The Morgan fingerprint density at radius 2 is 1.88 bits per heavy atom. The van der Waals surface area contributed by atoms with E-state index in [1.165, 1.54) is 12.1 Å². The van der Waals surface area contributed by atoms with Crippen molar-refractivity contribution in [3.63, 3.8) is 0 Å². The number of aromatic carboxylic acids is 1. The van der Waals surface area contributed by atoms with Crippen LogP contribution in [0.3, 0.4) is 0 Å². The second-order valence-electron chi connectivity index (χ2n) is 5.49. The van der Waals surface area contributed by atoms with Crippen LogP contribution >= 0.6 is 0 Å². The molecule has 0 spiro atoms. The summed E-state index contributed by atoms with van der Waals surface area (Å²) in [6.07, 6.45) is 3.42. The molecule has 0 saturated carbocycles. The Morgan fingerprint density at radius 1 is 1.08 bits per heavy atom. The highest BCUT2D eigenvalue weighted by Gasteiger charge is 2.13. The van der Waals surface area contributed by atoms with Crippen LogP contribution in [0.4, 0.5) is 4.39 Å². The lowest BCUT2D eigenvalue weighted by Gasteiger charge is -2.07. The predicted molar refractivity (Wildman–Crippen MR) is 91.2 cm³/mol. The zero-order valence-electron chi connectivity index (χ0n) is 12.9. The number of nitrogens with zero attached hydrogens (tertiary/aromatic N) is 3. The van der Waals surface area contributed by atoms with Crippen molar-refractivity contribution in [1.29, 1.82) is 0 Å². The fourth-order valence-electron chi connectivity index (χ4n) is 2.68. The minimum atomic E-state index is -1.30. The molecule has 2 aromatic carbocycles. The Bertz CT molecular complexity index is 1090. The van der Waals surface area contributed by atoms with Gasteiger partial charge in [0, 0.05) is 11.8 Å². The van der Waals surface area contributed by atoms with E-state index in [1.54, 1.807) is 29.1 Å². The first-order valence-corrected chi connectivity index (χ1v) is 7.56. The smallest absolute Gasteiger partial charge is 0.338 e. The Hall–Kier alpha value is -3.54. The average molecular weight is 333 g/mol. The molecule has 0 unspecified atom stereocenters. The van der Waals surface area contributed by atoms with Gasteiger partial charge in [0.1, 0.15) is 11.3 Å². The van der Waals surface area contributed by atoms with Gasteiger partial charge in [0.2, 0.25) is 0 Å². The van der Waals surface area contributed by atoms with E-state index < -0.39 is 11.8 Å². The molecule has 0 amide bonds. The lowest BCUT2D eigenvalue weighted by Crippen LogP contribution is -2.03. The molecule has 5 nitrogen and oxygen atoms in total. The fourth-order valence-corrected chi connectivity index (χ4v) is 2.68. The van der Waals surface area contributed by atoms with Gasteiger partial charge < -0.3 is 5.11 Å². The molecular formula is C19H12FN3O2. The van der Waals surface area contributed by atoms with Gasteiger partial charge in [-0.05, 0) is 24.3 Å². The highest BCUT2D eigenvalue weighted by Crippen LogP contribution is 2.23. The summed E-state index contributed by atoms with van der Waals surface area (Å²) in [6, 6.07) is 15.4. The lowest BCUT2D eigenvalue weighted by atomic mass is 10.2. The minimum absolute atomic E-state index is 0.365. The summed E-state index contributed by atoms with van der Waals surface area (Å²) < 4.78 is 15.7. The number of halogens is 1. The van der Waals surface area contributed by atoms with Crippen LogP contribution in [0.5, 0.6) is 0 Å². The molecule has 2 aromatic heterocycles. The van der Waals surface area contributed by atoms with Crippen molar-refractivity contribution in [3.8, 4) is 16.9 Å². The normalized spacial score (nSPS) is 10.9. The number of fused-ring (bicyclic) bond motifs is 1. The standard InChI is InChI=1S/C19H12FN3O2/c20-15-10-13(6-7-14(15)19(24)25)23-9-8-16-18(23)22-17(11-21-16)12-4-2-1-3-5-12/h1-11H,(H,24,25). The van der Waals surface area contributed by atoms with E-state index in [-0.39, 0.29) is 5.56 Å². The number of aromatic nitrogens is 3. The minimum Gasteiger partial charge on any atom is -0.478 e. The molecule has 0 aliphatic heterocycles. The first-order chi connectivity index (χ1) is 12.1. The van der Waals surface area contributed by atoms with Gasteiger partial charge in [0.15, 0.2) is 5.65 Å². The number of carbonyl (C=O) groups is 1. The molecule has 25 heavy (non-hydrogen) atoms. The molecule has 4 rings (SSSR count). The van der Waals surface area contributed by atoms with Crippen molar-refractivity contribution in [2.75, 3.05) is 0 Å². The molecule has 0 fully saturated rings. The van der Waals surface area contributed by atoms with Gasteiger partial charge in [-0.1, -0.05) is 30.3 Å². The number of benzene rings is 2. The summed E-state index contributed by atoms with van der Waals surface area (Å²) >= 11 is 0. The number of hydrogen-bond acceptors (Lipinski definition) is 3. The van der Waals surface area contributed by atoms with Crippen LogP contribution in [-0.4, -0.2) is 25.6 Å². The average Bonchev–Trinajstić information content (AvgIpc) is 3.05. The Balaban J connectivity index is 1.85. The maximum absolute atomic E-state index is 14.0. The first-order valence-electron chi connectivity index (χ1n) is 7.56. The van der Waals surface area contributed by atoms with Crippen molar-refractivity contribution in [1.82, 2.24) is 14.5 Å². The van der Waals surface area contributed by atoms with E-state index in [0.29, 0.717) is 22.5 Å². The van der Waals surface area contributed by atoms with Crippen molar-refractivity contribution >= 4 is 17.1 Å². The molecular weight excluding hydrogens is 321 g/mol. The molecule has 0 aliphatic carbocycles. The molecule has 1 N–H and O–H groups in total. The Morgan fingerprint density at radius 3 is 2.60 bits per heavy atom. The summed E-state index contributed by atoms with van der Waals surface area (Å²) in [5.74, 6) is -2.09. The van der Waals surface area contributed by atoms with Crippen LogP contribution in [-0.2, 0) is 0 Å². The Kier molecular flexibility index (Phi) is 3.50. The quantitative estimate of drug-likeness (QED) is 0.617. The van der Waals surface area contributed by atoms with Gasteiger partial charge in [0.25, 0.3) is 0 Å². The zero-order chi connectivity index (χ0) is 17.4. The van der Waals surface area contributed by atoms with Crippen LogP contribution in [0.25, 0.3) is 28.1 Å². The summed E-state index contributed by atoms with van der Waals surface area (Å²) in [5.41, 5.74) is 2.99. The molecule has 0 radical (unpaired) electrons. The predicted octanol–water partition coefficient (Wildman–Crippen LogP) is 3.92. The van der Waals surface area contributed by atoms with E-state index in [0.717, 1.165) is 5.56 Å². The highest BCUT2D eigenvalue weighted by atomic mass is 19.1. The van der Waals surface area contributed by atoms with E-state index in [1.807, 2.05) is 30.3 Å². The van der Waals surface area contributed by atoms with Crippen LogP contribution in [0.1, 0.15) is 10.4 Å². The van der Waals surface area contributed by atoms with Crippen LogP contribution in [0.2, 0.25) is 0 Å². The molecule has 0 bridgehead atoms. The van der Waals surface area contributed by atoms with Crippen molar-refractivity contribution < 1.29 is 14.3 Å². The van der Waals surface area contributed by atoms with E-state index >= 15 is 0 Å². The first kappa shape index (κ1) is 15.0. The van der Waals surface area contributed by atoms with Crippen molar-refractivity contribution in [2.45, 2.75) is 0 Å². The van der Waals surface area contributed by atoms with Gasteiger partial charge >= 0.3 is 5.97 Å². The monoisotopic (exact) mass is 333 g/mol. The van der Waals surface area contributed by atoms with Crippen LogP contribution < -0.4 is 0 Å². The third-order valence-electron chi connectivity index (χ3n) is 3.92. The van der Waals surface area contributed by atoms with Gasteiger partial charge in [-0.15, -0.1) is 0 Å². The van der Waals surface area contributed by atoms with Gasteiger partial charge in [-0.3, -0.25) is 9.55 Å². The van der Waals surface area contributed by atoms with Gasteiger partial charge in [0.05, 0.1) is 23.1 Å². The maximum Gasteiger partial charge on any atom is 0.338 e. The largest absolute Gasteiger partial charge is 0.478 e. The van der Waals surface area contributed by atoms with Crippen molar-refractivity contribution in [3.05, 3.63) is 78.4 Å². The number of carboxylic acid groups (broad SMARTS) is 1. The summed E-state index contributed by atoms with van der Waals surface area (Å²) in [7, 11) is 0. The molecule has 0 aliphatic rings. The van der Waals surface area contributed by atoms with E-state index in [9.17, 15) is 9.18 Å². The molecule has 6 heteroatoms.